The van der Waals surface area contributed by atoms with Crippen LogP contribution in [0.5, 0.6) is 5.75 Å². The third kappa shape index (κ3) is 6.81. The van der Waals surface area contributed by atoms with Gasteiger partial charge in [-0.05, 0) is 18.6 Å². The van der Waals surface area contributed by atoms with E-state index in [0.717, 1.165) is 24.3 Å². The lowest BCUT2D eigenvalue weighted by Gasteiger charge is -2.09. The minimum atomic E-state index is 0.0614. The smallest absolute Gasteiger partial charge is 0.224 e. The molecule has 6 heteroatoms. The Labute approximate surface area is 143 Å². The van der Waals surface area contributed by atoms with Gasteiger partial charge in [-0.3, -0.25) is 4.79 Å². The Bertz CT molecular complexity index is 599. The maximum absolute atomic E-state index is 12.0. The van der Waals surface area contributed by atoms with E-state index in [1.165, 1.54) is 25.6 Å². The number of amides is 1. The van der Waals surface area contributed by atoms with Crippen molar-refractivity contribution in [2.24, 2.45) is 0 Å². The Morgan fingerprint density at radius 1 is 1.25 bits per heavy atom. The molecule has 1 aromatic carbocycles. The van der Waals surface area contributed by atoms with Gasteiger partial charge in [0.2, 0.25) is 5.91 Å². The molecule has 0 aliphatic carbocycles. The van der Waals surface area contributed by atoms with Gasteiger partial charge in [0.05, 0.1) is 6.54 Å². The molecule has 0 saturated carbocycles. The van der Waals surface area contributed by atoms with E-state index in [1.807, 2.05) is 24.3 Å². The largest absolute Gasteiger partial charge is 0.492 e. The van der Waals surface area contributed by atoms with Crippen molar-refractivity contribution in [1.82, 2.24) is 14.8 Å². The predicted molar refractivity (Wildman–Crippen MR) is 94.0 cm³/mol. The molecule has 1 amide bonds. The highest BCUT2D eigenvalue weighted by Crippen LogP contribution is 2.18. The van der Waals surface area contributed by atoms with Gasteiger partial charge < -0.3 is 10.1 Å². The maximum Gasteiger partial charge on any atom is 0.224 e. The molecule has 1 aromatic heterocycles. The first-order valence-electron chi connectivity index (χ1n) is 8.63. The molecule has 130 valence electrons. The second-order valence-electron chi connectivity index (χ2n) is 5.75. The van der Waals surface area contributed by atoms with Crippen LogP contribution in [-0.2, 0) is 11.3 Å². The lowest BCUT2D eigenvalue weighted by atomic mass is 10.1. The average Bonchev–Trinajstić information content (AvgIpc) is 3.08. The van der Waals surface area contributed by atoms with Gasteiger partial charge >= 0.3 is 0 Å². The number of anilines is 1. The highest BCUT2D eigenvalue weighted by atomic mass is 16.5. The minimum Gasteiger partial charge on any atom is -0.492 e. The topological polar surface area (TPSA) is 69.0 Å². The van der Waals surface area contributed by atoms with Gasteiger partial charge in [0.25, 0.3) is 0 Å². The number of nitrogens with zero attached hydrogens (tertiary/aromatic N) is 3. The summed E-state index contributed by atoms with van der Waals surface area (Å²) in [5.41, 5.74) is 0.770. The molecule has 1 heterocycles. The number of hydrogen-bond acceptors (Lipinski definition) is 4. The fourth-order valence-electron chi connectivity index (χ4n) is 2.38. The SMILES string of the molecule is CCCCCCCC(=O)Nc1cccc(OCCn2cncn2)c1. The van der Waals surface area contributed by atoms with Crippen molar-refractivity contribution in [2.45, 2.75) is 52.0 Å². The summed E-state index contributed by atoms with van der Waals surface area (Å²) in [5, 5.41) is 6.95. The molecule has 0 saturated heterocycles. The van der Waals surface area contributed by atoms with Crippen LogP contribution in [0.1, 0.15) is 45.4 Å². The number of unbranched alkanes of at least 4 members (excludes halogenated alkanes) is 4. The molecule has 24 heavy (non-hydrogen) atoms. The lowest BCUT2D eigenvalue weighted by molar-refractivity contribution is -0.116. The van der Waals surface area contributed by atoms with Crippen molar-refractivity contribution in [3.63, 3.8) is 0 Å². The molecule has 6 nitrogen and oxygen atoms in total. The summed E-state index contributed by atoms with van der Waals surface area (Å²) in [7, 11) is 0. The number of carbonyl (C=O) groups is 1. The van der Waals surface area contributed by atoms with Crippen molar-refractivity contribution >= 4 is 11.6 Å². The van der Waals surface area contributed by atoms with E-state index in [9.17, 15) is 4.79 Å². The average molecular weight is 330 g/mol. The van der Waals surface area contributed by atoms with Gasteiger partial charge in [-0.1, -0.05) is 38.7 Å². The minimum absolute atomic E-state index is 0.0614. The summed E-state index contributed by atoms with van der Waals surface area (Å²) < 4.78 is 7.40. The number of benzene rings is 1. The van der Waals surface area contributed by atoms with Crippen LogP contribution in [0.4, 0.5) is 5.69 Å². The van der Waals surface area contributed by atoms with E-state index in [4.69, 9.17) is 4.74 Å². The zero-order valence-electron chi connectivity index (χ0n) is 14.3. The highest BCUT2D eigenvalue weighted by Gasteiger charge is 2.04. The normalized spacial score (nSPS) is 10.5. The lowest BCUT2D eigenvalue weighted by Crippen LogP contribution is -2.11. The molecule has 0 spiro atoms. The molecule has 0 bridgehead atoms. The Morgan fingerprint density at radius 3 is 2.92 bits per heavy atom. The molecule has 0 aliphatic heterocycles. The predicted octanol–water partition coefficient (Wildman–Crippen LogP) is 3.66. The van der Waals surface area contributed by atoms with Gasteiger partial charge in [-0.25, -0.2) is 9.67 Å². The van der Waals surface area contributed by atoms with Crippen LogP contribution >= 0.6 is 0 Å². The molecular formula is C18H26N4O2. The Balaban J connectivity index is 1.70. The van der Waals surface area contributed by atoms with E-state index >= 15 is 0 Å². The summed E-state index contributed by atoms with van der Waals surface area (Å²) in [6.07, 6.45) is 9.46. The van der Waals surface area contributed by atoms with E-state index < -0.39 is 0 Å². The molecule has 2 rings (SSSR count). The van der Waals surface area contributed by atoms with Gasteiger partial charge in [-0.15, -0.1) is 0 Å². The molecule has 0 unspecified atom stereocenters. The van der Waals surface area contributed by atoms with Gasteiger partial charge in [0.1, 0.15) is 25.0 Å². The highest BCUT2D eigenvalue weighted by molar-refractivity contribution is 5.90. The summed E-state index contributed by atoms with van der Waals surface area (Å²) in [4.78, 5) is 15.8. The number of nitrogens with one attached hydrogen (secondary N) is 1. The van der Waals surface area contributed by atoms with Crippen LogP contribution in [0.25, 0.3) is 0 Å². The van der Waals surface area contributed by atoms with E-state index in [0.29, 0.717) is 19.6 Å². The molecule has 0 fully saturated rings. The quantitative estimate of drug-likeness (QED) is 0.638. The van der Waals surface area contributed by atoms with Crippen LogP contribution in [0.2, 0.25) is 0 Å². The second-order valence-corrected chi connectivity index (χ2v) is 5.75. The van der Waals surface area contributed by atoms with E-state index in [1.54, 1.807) is 11.0 Å². The van der Waals surface area contributed by atoms with Crippen molar-refractivity contribution in [2.75, 3.05) is 11.9 Å². The summed E-state index contributed by atoms with van der Waals surface area (Å²) in [5.74, 6) is 0.794. The molecule has 0 radical (unpaired) electrons. The van der Waals surface area contributed by atoms with Crippen molar-refractivity contribution in [3.8, 4) is 5.75 Å². The van der Waals surface area contributed by atoms with Gasteiger partial charge in [0.15, 0.2) is 0 Å². The molecule has 0 atom stereocenters. The first kappa shape index (κ1) is 18.0. The molecule has 0 aliphatic rings. The second kappa shape index (κ2) is 10.4. The standard InChI is InChI=1S/C18H26N4O2/c1-2-3-4-5-6-10-18(23)21-16-8-7-9-17(13-16)24-12-11-22-15-19-14-20-22/h7-9,13-15H,2-6,10-12H2,1H3,(H,21,23). The van der Waals surface area contributed by atoms with Crippen molar-refractivity contribution < 1.29 is 9.53 Å². The Kier molecular flexibility index (Phi) is 7.80. The van der Waals surface area contributed by atoms with Crippen LogP contribution in [0.15, 0.2) is 36.9 Å². The summed E-state index contributed by atoms with van der Waals surface area (Å²) in [6, 6.07) is 7.47. The maximum atomic E-state index is 12.0. The fourth-order valence-corrected chi connectivity index (χ4v) is 2.38. The van der Waals surface area contributed by atoms with E-state index in [-0.39, 0.29) is 5.91 Å². The monoisotopic (exact) mass is 330 g/mol. The Morgan fingerprint density at radius 2 is 2.12 bits per heavy atom. The van der Waals surface area contributed by atoms with Crippen molar-refractivity contribution in [3.05, 3.63) is 36.9 Å². The number of aromatic nitrogens is 3. The zero-order valence-corrected chi connectivity index (χ0v) is 14.3. The van der Waals surface area contributed by atoms with Crippen LogP contribution in [0.3, 0.4) is 0 Å². The third-order valence-corrected chi connectivity index (χ3v) is 3.68. The molecular weight excluding hydrogens is 304 g/mol. The van der Waals surface area contributed by atoms with Crippen LogP contribution < -0.4 is 10.1 Å². The number of ether oxygens (including phenoxy) is 1. The summed E-state index contributed by atoms with van der Waals surface area (Å²) >= 11 is 0. The first-order chi connectivity index (χ1) is 11.8. The van der Waals surface area contributed by atoms with Crippen LogP contribution in [-0.4, -0.2) is 27.3 Å². The number of carbonyl (C=O) groups excluding carboxylic acids is 1. The number of hydrogen-bond donors (Lipinski definition) is 1. The summed E-state index contributed by atoms with van der Waals surface area (Å²) in [6.45, 7) is 3.32. The van der Waals surface area contributed by atoms with E-state index in [2.05, 4.69) is 22.3 Å². The van der Waals surface area contributed by atoms with Crippen molar-refractivity contribution in [1.29, 1.82) is 0 Å². The molecule has 2 aromatic rings. The third-order valence-electron chi connectivity index (χ3n) is 3.68. The Hall–Kier alpha value is -2.37. The van der Waals surface area contributed by atoms with Crippen LogP contribution in [0, 0.1) is 0 Å². The first-order valence-corrected chi connectivity index (χ1v) is 8.63. The van der Waals surface area contributed by atoms with Gasteiger partial charge in [-0.2, -0.15) is 5.10 Å². The number of rotatable bonds is 11. The fraction of sp³-hybridized carbons (Fsp3) is 0.500. The molecule has 1 N–H and O–H groups in total. The van der Waals surface area contributed by atoms with Gasteiger partial charge in [0, 0.05) is 18.2 Å². The zero-order chi connectivity index (χ0) is 17.0.